The van der Waals surface area contributed by atoms with Crippen LogP contribution in [0.5, 0.6) is 0 Å². The number of fused-ring (bicyclic) bond motifs is 1. The van der Waals surface area contributed by atoms with Crippen LogP contribution in [0.1, 0.15) is 33.0 Å². The molecule has 1 aromatic heterocycles. The van der Waals surface area contributed by atoms with Crippen molar-refractivity contribution in [1.82, 2.24) is 13.9 Å². The molecule has 0 bridgehead atoms. The van der Waals surface area contributed by atoms with Crippen LogP contribution in [-0.2, 0) is 27.8 Å². The van der Waals surface area contributed by atoms with Gasteiger partial charge in [-0.15, -0.1) is 11.8 Å². The zero-order valence-electron chi connectivity index (χ0n) is 19.0. The van der Waals surface area contributed by atoms with E-state index in [9.17, 15) is 13.2 Å². The van der Waals surface area contributed by atoms with Crippen molar-refractivity contribution in [3.05, 3.63) is 48.3 Å². The number of para-hydroxylation sites is 1. The van der Waals surface area contributed by atoms with Gasteiger partial charge in [0.2, 0.25) is 15.9 Å². The molecule has 32 heavy (non-hydrogen) atoms. The maximum Gasteiger partial charge on any atom is 0.243 e. The first-order chi connectivity index (χ1) is 15.3. The molecule has 0 fully saturated rings. The Kier molecular flexibility index (Phi) is 7.97. The van der Waals surface area contributed by atoms with E-state index in [4.69, 9.17) is 0 Å². The number of carbonyl (C=O) groups excluding carboxylic acids is 1. The quantitative estimate of drug-likeness (QED) is 0.441. The van der Waals surface area contributed by atoms with Gasteiger partial charge in [0.1, 0.15) is 5.82 Å². The summed E-state index contributed by atoms with van der Waals surface area (Å²) in [5, 5.41) is 2.98. The number of anilines is 1. The van der Waals surface area contributed by atoms with Gasteiger partial charge < -0.3 is 9.88 Å². The van der Waals surface area contributed by atoms with Crippen LogP contribution in [-0.4, -0.2) is 47.5 Å². The standard InChI is InChI=1S/C23H30N4O3S2/c1-5-26(6-2)32(29,30)17-12-13-20-19(16-17)24-22(27(20)7-3)14-15-23(28)25-18-10-8-9-11-21(18)31-4/h8-13,16H,5-7,14-15H2,1-4H3,(H,25,28). The van der Waals surface area contributed by atoms with Crippen LogP contribution < -0.4 is 5.32 Å². The van der Waals surface area contributed by atoms with Crippen LogP contribution in [0.4, 0.5) is 5.69 Å². The highest BCUT2D eigenvalue weighted by molar-refractivity contribution is 7.98. The highest BCUT2D eigenvalue weighted by Gasteiger charge is 2.23. The molecule has 1 heterocycles. The van der Waals surface area contributed by atoms with E-state index in [1.54, 1.807) is 30.0 Å². The highest BCUT2D eigenvalue weighted by atomic mass is 32.2. The van der Waals surface area contributed by atoms with Crippen molar-refractivity contribution < 1.29 is 13.2 Å². The number of imidazole rings is 1. The number of benzene rings is 2. The molecule has 172 valence electrons. The third-order valence-corrected chi connectivity index (χ3v) is 8.26. The summed E-state index contributed by atoms with van der Waals surface area (Å²) >= 11 is 1.59. The molecule has 1 N–H and O–H groups in total. The molecule has 3 rings (SSSR count). The first kappa shape index (κ1) is 24.3. The molecule has 0 saturated carbocycles. The van der Waals surface area contributed by atoms with Gasteiger partial charge in [0.25, 0.3) is 0 Å². The summed E-state index contributed by atoms with van der Waals surface area (Å²) in [4.78, 5) is 18.5. The summed E-state index contributed by atoms with van der Waals surface area (Å²) in [5.41, 5.74) is 2.30. The molecule has 0 aliphatic rings. The largest absolute Gasteiger partial charge is 0.328 e. The number of hydrogen-bond acceptors (Lipinski definition) is 5. The van der Waals surface area contributed by atoms with Gasteiger partial charge >= 0.3 is 0 Å². The van der Waals surface area contributed by atoms with Gasteiger partial charge in [-0.2, -0.15) is 4.31 Å². The minimum absolute atomic E-state index is 0.0778. The molecule has 2 aromatic carbocycles. The lowest BCUT2D eigenvalue weighted by Gasteiger charge is -2.18. The van der Waals surface area contributed by atoms with Crippen molar-refractivity contribution in [3.8, 4) is 0 Å². The lowest BCUT2D eigenvalue weighted by molar-refractivity contribution is -0.116. The van der Waals surface area contributed by atoms with E-state index in [0.717, 1.165) is 21.9 Å². The number of hydrogen-bond donors (Lipinski definition) is 1. The van der Waals surface area contributed by atoms with Gasteiger partial charge in [-0.1, -0.05) is 26.0 Å². The number of aromatic nitrogens is 2. The van der Waals surface area contributed by atoms with Crippen LogP contribution in [0.25, 0.3) is 11.0 Å². The van der Waals surface area contributed by atoms with Gasteiger partial charge in [-0.25, -0.2) is 13.4 Å². The van der Waals surface area contributed by atoms with Gasteiger partial charge in [-0.3, -0.25) is 4.79 Å². The van der Waals surface area contributed by atoms with Crippen molar-refractivity contribution in [2.75, 3.05) is 24.7 Å². The zero-order valence-corrected chi connectivity index (χ0v) is 20.6. The molecule has 0 aliphatic carbocycles. The second-order valence-corrected chi connectivity index (χ2v) is 10.0. The van der Waals surface area contributed by atoms with Crippen LogP contribution in [0.15, 0.2) is 52.3 Å². The Hall–Kier alpha value is -2.36. The fourth-order valence-corrected chi connectivity index (χ4v) is 5.79. The second-order valence-electron chi connectivity index (χ2n) is 7.26. The second kappa shape index (κ2) is 10.5. The summed E-state index contributed by atoms with van der Waals surface area (Å²) in [6.07, 6.45) is 2.73. The molecule has 0 spiro atoms. The SMILES string of the molecule is CCN(CC)S(=O)(=O)c1ccc2c(c1)nc(CCC(=O)Nc1ccccc1SC)n2CC. The Bertz CT molecular complexity index is 1200. The van der Waals surface area contributed by atoms with Crippen LogP contribution >= 0.6 is 11.8 Å². The maximum atomic E-state index is 12.9. The monoisotopic (exact) mass is 474 g/mol. The lowest BCUT2D eigenvalue weighted by Crippen LogP contribution is -2.30. The van der Waals surface area contributed by atoms with Crippen molar-refractivity contribution in [2.45, 2.75) is 49.9 Å². The van der Waals surface area contributed by atoms with E-state index < -0.39 is 10.0 Å². The summed E-state index contributed by atoms with van der Waals surface area (Å²) in [5.74, 6) is 0.694. The number of aryl methyl sites for hydroxylation is 2. The van der Waals surface area contributed by atoms with E-state index in [-0.39, 0.29) is 17.2 Å². The molecule has 0 atom stereocenters. The Balaban J connectivity index is 1.82. The maximum absolute atomic E-state index is 12.9. The predicted molar refractivity (Wildman–Crippen MR) is 131 cm³/mol. The lowest BCUT2D eigenvalue weighted by atomic mass is 10.2. The summed E-state index contributed by atoms with van der Waals surface area (Å²) in [6, 6.07) is 12.8. The molecule has 1 amide bonds. The third kappa shape index (κ3) is 5.00. The van der Waals surface area contributed by atoms with E-state index in [1.165, 1.54) is 4.31 Å². The molecular weight excluding hydrogens is 444 g/mol. The Morgan fingerprint density at radius 1 is 1.12 bits per heavy atom. The Labute approximate surface area is 194 Å². The molecule has 0 unspecified atom stereocenters. The summed E-state index contributed by atoms with van der Waals surface area (Å²) < 4.78 is 29.2. The van der Waals surface area contributed by atoms with Gasteiger partial charge in [-0.05, 0) is 43.5 Å². The number of nitrogens with zero attached hydrogens (tertiary/aromatic N) is 3. The van der Waals surface area contributed by atoms with E-state index in [0.29, 0.717) is 31.6 Å². The molecule has 7 nitrogen and oxygen atoms in total. The van der Waals surface area contributed by atoms with Gasteiger partial charge in [0.05, 0.1) is 21.6 Å². The first-order valence-electron chi connectivity index (χ1n) is 10.8. The Morgan fingerprint density at radius 2 is 1.84 bits per heavy atom. The zero-order chi connectivity index (χ0) is 23.3. The fraction of sp³-hybridized carbons (Fsp3) is 0.391. The van der Waals surface area contributed by atoms with Crippen LogP contribution in [0.2, 0.25) is 0 Å². The smallest absolute Gasteiger partial charge is 0.243 e. The van der Waals surface area contributed by atoms with E-state index in [1.807, 2.05) is 55.9 Å². The third-order valence-electron chi connectivity index (χ3n) is 5.41. The molecule has 0 saturated heterocycles. The van der Waals surface area contributed by atoms with E-state index in [2.05, 4.69) is 10.3 Å². The number of nitrogens with one attached hydrogen (secondary N) is 1. The first-order valence-corrected chi connectivity index (χ1v) is 13.4. The summed E-state index contributed by atoms with van der Waals surface area (Å²) in [6.45, 7) is 7.18. The topological polar surface area (TPSA) is 84.3 Å². The average molecular weight is 475 g/mol. The minimum Gasteiger partial charge on any atom is -0.328 e. The fourth-order valence-electron chi connectivity index (χ4n) is 3.76. The van der Waals surface area contributed by atoms with Crippen molar-refractivity contribution >= 4 is 44.4 Å². The number of sulfonamides is 1. The number of rotatable bonds is 10. The summed E-state index contributed by atoms with van der Waals surface area (Å²) in [7, 11) is -3.55. The molecule has 0 aliphatic heterocycles. The highest BCUT2D eigenvalue weighted by Crippen LogP contribution is 2.26. The molecule has 3 aromatic rings. The predicted octanol–water partition coefficient (Wildman–Crippen LogP) is 4.38. The van der Waals surface area contributed by atoms with Crippen LogP contribution in [0, 0.1) is 0 Å². The van der Waals surface area contributed by atoms with Crippen molar-refractivity contribution in [3.63, 3.8) is 0 Å². The van der Waals surface area contributed by atoms with Gasteiger partial charge in [0.15, 0.2) is 0 Å². The van der Waals surface area contributed by atoms with Crippen molar-refractivity contribution in [2.24, 2.45) is 0 Å². The normalized spacial score (nSPS) is 11.9. The van der Waals surface area contributed by atoms with Crippen LogP contribution in [0.3, 0.4) is 0 Å². The van der Waals surface area contributed by atoms with E-state index >= 15 is 0 Å². The Morgan fingerprint density at radius 3 is 2.50 bits per heavy atom. The minimum atomic E-state index is -3.55. The van der Waals surface area contributed by atoms with Crippen molar-refractivity contribution in [1.29, 1.82) is 0 Å². The molecule has 9 heteroatoms. The number of carbonyl (C=O) groups is 1. The molecule has 0 radical (unpaired) electrons. The molecular formula is C23H30N4O3S2. The van der Waals surface area contributed by atoms with Gasteiger partial charge in [0, 0.05) is 37.4 Å². The number of thioether (sulfide) groups is 1. The average Bonchev–Trinajstić information content (AvgIpc) is 3.15. The number of amides is 1.